The van der Waals surface area contributed by atoms with Crippen molar-refractivity contribution in [1.82, 2.24) is 17.9 Å². The topological polar surface area (TPSA) is 108 Å². The van der Waals surface area contributed by atoms with E-state index in [1.807, 2.05) is 0 Å². The van der Waals surface area contributed by atoms with Crippen LogP contribution in [0.5, 0.6) is 0 Å². The Hall–Kier alpha value is -2.92. The number of ether oxygens (including phenoxy) is 1. The van der Waals surface area contributed by atoms with Crippen LogP contribution in [0.4, 0.5) is 10.1 Å². The molecule has 0 saturated carbocycles. The molecule has 0 unspecified atom stereocenters. The van der Waals surface area contributed by atoms with Gasteiger partial charge in [-0.3, -0.25) is 14.2 Å². The van der Waals surface area contributed by atoms with Crippen LogP contribution in [0.15, 0.2) is 34.0 Å². The Kier molecular flexibility index (Phi) is 4.54. The van der Waals surface area contributed by atoms with E-state index >= 15 is 0 Å². The highest BCUT2D eigenvalue weighted by Gasteiger charge is 2.23. The van der Waals surface area contributed by atoms with E-state index in [2.05, 4.69) is 14.1 Å². The van der Waals surface area contributed by atoms with Gasteiger partial charge < -0.3 is 10.1 Å². The van der Waals surface area contributed by atoms with Gasteiger partial charge in [-0.15, -0.1) is 0 Å². The molecule has 9 nitrogen and oxygen atoms in total. The molecule has 2 aromatic heterocycles. The normalized spacial score (nSPS) is 16.7. The predicted molar refractivity (Wildman–Crippen MR) is 95.2 cm³/mol. The zero-order valence-electron chi connectivity index (χ0n) is 13.9. The average molecular weight is 391 g/mol. The molecule has 3 heterocycles. The standard InChI is InChI=1S/C16H14FN5O4S/c17-9-7-21(13-5-2-6-26-13)16(25)22(15(9)24)8-12(23)18-10-3-1-4-11-14(10)20-27-19-11/h1,3-4,7,13H,2,5-6,8H2,(H,18,23)/t13-/m0/s1. The summed E-state index contributed by atoms with van der Waals surface area (Å²) in [6, 6.07) is 5.06. The molecule has 3 aromatic rings. The van der Waals surface area contributed by atoms with Crippen molar-refractivity contribution in [3.8, 4) is 0 Å². The Labute approximate surface area is 155 Å². The fourth-order valence-corrected chi connectivity index (χ4v) is 3.50. The third kappa shape index (κ3) is 3.26. The second kappa shape index (κ2) is 7.00. The molecule has 4 rings (SSSR count). The van der Waals surface area contributed by atoms with Crippen molar-refractivity contribution in [2.45, 2.75) is 25.6 Å². The first-order valence-corrected chi connectivity index (χ1v) is 8.92. The lowest BCUT2D eigenvalue weighted by atomic mass is 10.2. The Bertz CT molecular complexity index is 1130. The maximum absolute atomic E-state index is 14.0. The van der Waals surface area contributed by atoms with E-state index in [-0.39, 0.29) is 0 Å². The molecule has 1 aliphatic rings. The van der Waals surface area contributed by atoms with Crippen LogP contribution in [-0.2, 0) is 16.1 Å². The number of nitrogens with one attached hydrogen (secondary N) is 1. The number of fused-ring (bicyclic) bond motifs is 1. The Morgan fingerprint density at radius 3 is 3.00 bits per heavy atom. The van der Waals surface area contributed by atoms with E-state index in [4.69, 9.17) is 4.74 Å². The van der Waals surface area contributed by atoms with Crippen molar-refractivity contribution >= 4 is 34.4 Å². The predicted octanol–water partition coefficient (Wildman–Crippen LogP) is 1.10. The minimum Gasteiger partial charge on any atom is -0.358 e. The lowest BCUT2D eigenvalue weighted by molar-refractivity contribution is -0.116. The van der Waals surface area contributed by atoms with Crippen molar-refractivity contribution in [3.05, 3.63) is 51.1 Å². The number of anilines is 1. The van der Waals surface area contributed by atoms with Crippen LogP contribution in [0.2, 0.25) is 0 Å². The van der Waals surface area contributed by atoms with Gasteiger partial charge in [0.1, 0.15) is 23.8 Å². The minimum atomic E-state index is -1.15. The highest BCUT2D eigenvalue weighted by atomic mass is 32.1. The zero-order valence-corrected chi connectivity index (χ0v) is 14.7. The van der Waals surface area contributed by atoms with Crippen molar-refractivity contribution in [3.63, 3.8) is 0 Å². The summed E-state index contributed by atoms with van der Waals surface area (Å²) in [5.74, 6) is -1.78. The van der Waals surface area contributed by atoms with E-state index < -0.39 is 35.7 Å². The first-order chi connectivity index (χ1) is 13.0. The van der Waals surface area contributed by atoms with E-state index in [0.717, 1.165) is 28.9 Å². The van der Waals surface area contributed by atoms with Gasteiger partial charge in [0.05, 0.1) is 23.6 Å². The molecule has 0 bridgehead atoms. The summed E-state index contributed by atoms with van der Waals surface area (Å²) in [6.07, 6.45) is 1.44. The van der Waals surface area contributed by atoms with Gasteiger partial charge in [0.25, 0.3) is 5.56 Å². The van der Waals surface area contributed by atoms with E-state index in [1.165, 1.54) is 0 Å². The molecule has 11 heteroatoms. The number of nitrogens with zero attached hydrogens (tertiary/aromatic N) is 4. The summed E-state index contributed by atoms with van der Waals surface area (Å²) in [5, 5.41) is 2.59. The summed E-state index contributed by atoms with van der Waals surface area (Å²) in [5.41, 5.74) is -0.439. The molecule has 1 aliphatic heterocycles. The minimum absolute atomic E-state index is 0.398. The van der Waals surface area contributed by atoms with Gasteiger partial charge in [-0.1, -0.05) is 6.07 Å². The van der Waals surface area contributed by atoms with Gasteiger partial charge in [-0.25, -0.2) is 9.36 Å². The zero-order chi connectivity index (χ0) is 19.0. The maximum Gasteiger partial charge on any atom is 0.333 e. The number of rotatable bonds is 4. The lowest BCUT2D eigenvalue weighted by Gasteiger charge is -2.15. The van der Waals surface area contributed by atoms with E-state index in [0.29, 0.717) is 34.3 Å². The first-order valence-electron chi connectivity index (χ1n) is 8.19. The Balaban J connectivity index is 1.63. The number of carbonyl (C=O) groups is 1. The van der Waals surface area contributed by atoms with E-state index in [1.54, 1.807) is 18.2 Å². The maximum atomic E-state index is 14.0. The van der Waals surface area contributed by atoms with Crippen molar-refractivity contribution < 1.29 is 13.9 Å². The number of halogens is 1. The number of carbonyl (C=O) groups excluding carboxylic acids is 1. The number of amides is 1. The summed E-state index contributed by atoms with van der Waals surface area (Å²) < 4.78 is 29.1. The molecule has 1 fully saturated rings. The van der Waals surface area contributed by atoms with Crippen LogP contribution in [0.25, 0.3) is 11.0 Å². The van der Waals surface area contributed by atoms with Crippen LogP contribution in [-0.4, -0.2) is 30.4 Å². The second-order valence-electron chi connectivity index (χ2n) is 6.01. The lowest BCUT2D eigenvalue weighted by Crippen LogP contribution is -2.44. The van der Waals surface area contributed by atoms with Gasteiger partial charge in [-0.05, 0) is 25.0 Å². The average Bonchev–Trinajstić information content (AvgIpc) is 3.33. The second-order valence-corrected chi connectivity index (χ2v) is 6.54. The number of hydrogen-bond donors (Lipinski definition) is 1. The fourth-order valence-electron chi connectivity index (χ4n) is 2.95. The van der Waals surface area contributed by atoms with Crippen LogP contribution in [0, 0.1) is 5.82 Å². The molecule has 1 aromatic carbocycles. The molecule has 0 aliphatic carbocycles. The fraction of sp³-hybridized carbons (Fsp3) is 0.312. The molecule has 0 spiro atoms. The van der Waals surface area contributed by atoms with Crippen LogP contribution in [0.1, 0.15) is 19.1 Å². The molecular weight excluding hydrogens is 377 g/mol. The van der Waals surface area contributed by atoms with Gasteiger partial charge in [0.2, 0.25) is 11.7 Å². The molecule has 140 valence electrons. The van der Waals surface area contributed by atoms with Gasteiger partial charge >= 0.3 is 5.69 Å². The van der Waals surface area contributed by atoms with Crippen molar-refractivity contribution in [2.75, 3.05) is 11.9 Å². The Morgan fingerprint density at radius 1 is 1.37 bits per heavy atom. The smallest absolute Gasteiger partial charge is 0.333 e. The van der Waals surface area contributed by atoms with Crippen LogP contribution >= 0.6 is 11.7 Å². The molecule has 1 saturated heterocycles. The number of aromatic nitrogens is 4. The summed E-state index contributed by atoms with van der Waals surface area (Å²) in [4.78, 5) is 37.0. The largest absolute Gasteiger partial charge is 0.358 e. The first kappa shape index (κ1) is 17.5. The SMILES string of the molecule is O=C(Cn1c(=O)c(F)cn([C@@H]2CCCO2)c1=O)Nc1cccc2nsnc12. The number of benzene rings is 1. The van der Waals surface area contributed by atoms with Gasteiger partial charge in [0, 0.05) is 6.61 Å². The quantitative estimate of drug-likeness (QED) is 0.714. The van der Waals surface area contributed by atoms with Crippen LogP contribution in [0.3, 0.4) is 0 Å². The third-order valence-electron chi connectivity index (χ3n) is 4.23. The monoisotopic (exact) mass is 391 g/mol. The van der Waals surface area contributed by atoms with Gasteiger partial charge in [0.15, 0.2) is 0 Å². The molecular formula is C16H14FN5O4S. The highest BCUT2D eigenvalue weighted by molar-refractivity contribution is 7.00. The third-order valence-corrected chi connectivity index (χ3v) is 4.77. The van der Waals surface area contributed by atoms with Crippen molar-refractivity contribution in [1.29, 1.82) is 0 Å². The molecule has 27 heavy (non-hydrogen) atoms. The summed E-state index contributed by atoms with van der Waals surface area (Å²) >= 11 is 0.998. The Morgan fingerprint density at radius 2 is 2.22 bits per heavy atom. The summed E-state index contributed by atoms with van der Waals surface area (Å²) in [6.45, 7) is -0.180. The van der Waals surface area contributed by atoms with Gasteiger partial charge in [-0.2, -0.15) is 13.1 Å². The molecule has 1 amide bonds. The van der Waals surface area contributed by atoms with E-state index in [9.17, 15) is 18.8 Å². The highest BCUT2D eigenvalue weighted by Crippen LogP contribution is 2.22. The van der Waals surface area contributed by atoms with Crippen molar-refractivity contribution in [2.24, 2.45) is 0 Å². The van der Waals surface area contributed by atoms with Crippen LogP contribution < -0.4 is 16.6 Å². The molecule has 0 radical (unpaired) electrons. The number of hydrogen-bond acceptors (Lipinski definition) is 7. The molecule has 1 atom stereocenters. The molecule has 1 N–H and O–H groups in total. The summed E-state index contributed by atoms with van der Waals surface area (Å²) in [7, 11) is 0.